The minimum Gasteiger partial charge on any atom is -0.391 e. The van der Waals surface area contributed by atoms with Gasteiger partial charge in [-0.2, -0.15) is 5.10 Å². The van der Waals surface area contributed by atoms with Crippen LogP contribution < -0.4 is 5.32 Å². The van der Waals surface area contributed by atoms with Crippen LogP contribution in [0.3, 0.4) is 0 Å². The number of halogens is 2. The second-order valence-electron chi connectivity index (χ2n) is 5.29. The molecule has 0 fully saturated rings. The lowest BCUT2D eigenvalue weighted by Crippen LogP contribution is -2.34. The zero-order valence-electron chi connectivity index (χ0n) is 12.3. The van der Waals surface area contributed by atoms with Gasteiger partial charge in [0.05, 0.1) is 28.6 Å². The van der Waals surface area contributed by atoms with E-state index < -0.39 is 6.10 Å². The van der Waals surface area contributed by atoms with Gasteiger partial charge in [-0.3, -0.25) is 4.79 Å². The Morgan fingerprint density at radius 1 is 1.41 bits per heavy atom. The Kier molecular flexibility index (Phi) is 5.45. The zero-order valence-corrected chi connectivity index (χ0v) is 13.8. The maximum absolute atomic E-state index is 12.0. The molecule has 0 aliphatic heterocycles. The van der Waals surface area contributed by atoms with Gasteiger partial charge in [0.25, 0.3) is 5.91 Å². The highest BCUT2D eigenvalue weighted by atomic mass is 35.5. The molecule has 0 saturated carbocycles. The molecule has 1 heterocycles. The van der Waals surface area contributed by atoms with Crippen molar-refractivity contribution in [2.45, 2.75) is 20.0 Å². The second kappa shape index (κ2) is 7.13. The summed E-state index contributed by atoms with van der Waals surface area (Å²) in [7, 11) is 0. The van der Waals surface area contributed by atoms with Gasteiger partial charge < -0.3 is 10.4 Å². The zero-order chi connectivity index (χ0) is 16.3. The number of benzene rings is 1. The smallest absolute Gasteiger partial charge is 0.254 e. The molecule has 1 aromatic carbocycles. The van der Waals surface area contributed by atoms with E-state index >= 15 is 0 Å². The summed E-state index contributed by atoms with van der Waals surface area (Å²) in [5.41, 5.74) is 1.02. The number of aliphatic hydroxyl groups is 1. The molecule has 1 atom stereocenters. The van der Waals surface area contributed by atoms with Gasteiger partial charge in [-0.25, -0.2) is 4.68 Å². The van der Waals surface area contributed by atoms with Crippen molar-refractivity contribution in [2.24, 2.45) is 5.92 Å². The summed E-state index contributed by atoms with van der Waals surface area (Å²) < 4.78 is 1.51. The fourth-order valence-corrected chi connectivity index (χ4v) is 2.27. The van der Waals surface area contributed by atoms with E-state index in [0.29, 0.717) is 21.3 Å². The summed E-state index contributed by atoms with van der Waals surface area (Å²) in [6, 6.07) is 5.03. The van der Waals surface area contributed by atoms with Gasteiger partial charge in [-0.05, 0) is 24.1 Å². The van der Waals surface area contributed by atoms with E-state index in [4.69, 9.17) is 23.2 Å². The number of carbonyl (C=O) groups is 1. The van der Waals surface area contributed by atoms with Crippen LogP contribution in [0.25, 0.3) is 5.69 Å². The molecule has 22 heavy (non-hydrogen) atoms. The molecule has 1 unspecified atom stereocenters. The Bertz CT molecular complexity index is 671. The number of nitrogens with one attached hydrogen (secondary N) is 1. The number of aromatic nitrogens is 2. The Morgan fingerprint density at radius 3 is 2.77 bits per heavy atom. The normalized spacial score (nSPS) is 12.5. The average molecular weight is 342 g/mol. The molecule has 0 saturated heterocycles. The molecule has 2 aromatic rings. The van der Waals surface area contributed by atoms with E-state index in [1.54, 1.807) is 24.4 Å². The molecule has 0 radical (unpaired) electrons. The molecular formula is C15H17Cl2N3O2. The van der Waals surface area contributed by atoms with Gasteiger partial charge >= 0.3 is 0 Å². The summed E-state index contributed by atoms with van der Waals surface area (Å²) in [6.45, 7) is 3.97. The van der Waals surface area contributed by atoms with Crippen LogP contribution in [0.1, 0.15) is 24.2 Å². The molecular weight excluding hydrogens is 325 g/mol. The van der Waals surface area contributed by atoms with Crippen LogP contribution in [0.5, 0.6) is 0 Å². The number of aliphatic hydroxyl groups excluding tert-OH is 1. The van der Waals surface area contributed by atoms with Crippen LogP contribution in [0.4, 0.5) is 0 Å². The summed E-state index contributed by atoms with van der Waals surface area (Å²) in [4.78, 5) is 12.0. The number of hydrogen-bond acceptors (Lipinski definition) is 3. The highest BCUT2D eigenvalue weighted by molar-refractivity contribution is 6.35. The molecule has 2 N–H and O–H groups in total. The Morgan fingerprint density at radius 2 is 2.14 bits per heavy atom. The highest BCUT2D eigenvalue weighted by Gasteiger charge is 2.14. The van der Waals surface area contributed by atoms with Gasteiger partial charge in [0.15, 0.2) is 0 Å². The molecule has 0 aliphatic rings. The molecule has 1 aromatic heterocycles. The van der Waals surface area contributed by atoms with E-state index in [0.717, 1.165) is 0 Å². The van der Waals surface area contributed by atoms with Crippen molar-refractivity contribution in [3.63, 3.8) is 0 Å². The van der Waals surface area contributed by atoms with Crippen LogP contribution in [0, 0.1) is 5.92 Å². The van der Waals surface area contributed by atoms with Crippen molar-refractivity contribution in [1.29, 1.82) is 0 Å². The van der Waals surface area contributed by atoms with Crippen LogP contribution in [-0.2, 0) is 0 Å². The van der Waals surface area contributed by atoms with Gasteiger partial charge in [0.2, 0.25) is 0 Å². The minimum absolute atomic E-state index is 0.0795. The third kappa shape index (κ3) is 4.00. The van der Waals surface area contributed by atoms with Crippen LogP contribution in [0.2, 0.25) is 10.0 Å². The van der Waals surface area contributed by atoms with Crippen molar-refractivity contribution < 1.29 is 9.90 Å². The number of nitrogens with zero attached hydrogens (tertiary/aromatic N) is 2. The fourth-order valence-electron chi connectivity index (χ4n) is 1.77. The van der Waals surface area contributed by atoms with Gasteiger partial charge in [0, 0.05) is 17.8 Å². The first-order chi connectivity index (χ1) is 10.4. The predicted octanol–water partition coefficient (Wildman–Crippen LogP) is 2.93. The Balaban J connectivity index is 2.09. The van der Waals surface area contributed by atoms with Crippen LogP contribution >= 0.6 is 23.2 Å². The van der Waals surface area contributed by atoms with Gasteiger partial charge in [-0.15, -0.1) is 0 Å². The maximum atomic E-state index is 12.0. The SMILES string of the molecule is CC(C)C(O)CNC(=O)c1cnn(-c2ccc(Cl)cc2Cl)c1. The first kappa shape index (κ1) is 16.8. The molecule has 0 aliphatic carbocycles. The van der Waals surface area contributed by atoms with E-state index in [9.17, 15) is 9.90 Å². The lowest BCUT2D eigenvalue weighted by molar-refractivity contribution is 0.0871. The quantitative estimate of drug-likeness (QED) is 0.878. The van der Waals surface area contributed by atoms with Crippen molar-refractivity contribution in [1.82, 2.24) is 15.1 Å². The molecule has 0 spiro atoms. The molecule has 0 bridgehead atoms. The summed E-state index contributed by atoms with van der Waals surface area (Å²) in [5.74, 6) is -0.216. The largest absolute Gasteiger partial charge is 0.391 e. The van der Waals surface area contributed by atoms with Crippen molar-refractivity contribution in [3.05, 3.63) is 46.2 Å². The molecule has 2 rings (SSSR count). The van der Waals surface area contributed by atoms with E-state index in [2.05, 4.69) is 10.4 Å². The van der Waals surface area contributed by atoms with Crippen molar-refractivity contribution in [3.8, 4) is 5.69 Å². The molecule has 5 nitrogen and oxygen atoms in total. The Labute approximate surface area is 138 Å². The number of carbonyl (C=O) groups excluding carboxylic acids is 1. The molecule has 118 valence electrons. The summed E-state index contributed by atoms with van der Waals surface area (Å²) in [5, 5.41) is 17.5. The first-order valence-electron chi connectivity index (χ1n) is 6.85. The minimum atomic E-state index is -0.579. The fraction of sp³-hybridized carbons (Fsp3) is 0.333. The van der Waals surface area contributed by atoms with E-state index in [1.165, 1.54) is 10.9 Å². The lowest BCUT2D eigenvalue weighted by atomic mass is 10.1. The molecule has 7 heteroatoms. The molecule has 1 amide bonds. The predicted molar refractivity (Wildman–Crippen MR) is 86.8 cm³/mol. The van der Waals surface area contributed by atoms with Crippen LogP contribution in [0.15, 0.2) is 30.6 Å². The summed E-state index contributed by atoms with van der Waals surface area (Å²) in [6.07, 6.45) is 2.44. The van der Waals surface area contributed by atoms with Crippen molar-refractivity contribution >= 4 is 29.1 Å². The van der Waals surface area contributed by atoms with E-state index in [-0.39, 0.29) is 18.4 Å². The number of amides is 1. The van der Waals surface area contributed by atoms with Crippen LogP contribution in [-0.4, -0.2) is 33.4 Å². The first-order valence-corrected chi connectivity index (χ1v) is 7.60. The lowest BCUT2D eigenvalue weighted by Gasteiger charge is -2.14. The van der Waals surface area contributed by atoms with Gasteiger partial charge in [0.1, 0.15) is 0 Å². The highest BCUT2D eigenvalue weighted by Crippen LogP contribution is 2.24. The van der Waals surface area contributed by atoms with Gasteiger partial charge in [-0.1, -0.05) is 37.0 Å². The number of hydrogen-bond donors (Lipinski definition) is 2. The van der Waals surface area contributed by atoms with Crippen molar-refractivity contribution in [2.75, 3.05) is 6.54 Å². The topological polar surface area (TPSA) is 67.2 Å². The standard InChI is InChI=1S/C15H17Cl2N3O2/c1-9(2)14(21)7-18-15(22)10-6-19-20(8-10)13-4-3-11(16)5-12(13)17/h3-6,8-9,14,21H,7H2,1-2H3,(H,18,22). The Hall–Kier alpha value is -1.56. The maximum Gasteiger partial charge on any atom is 0.254 e. The number of rotatable bonds is 5. The third-order valence-corrected chi connectivity index (χ3v) is 3.78. The monoisotopic (exact) mass is 341 g/mol. The summed E-state index contributed by atoms with van der Waals surface area (Å²) >= 11 is 12.0. The second-order valence-corrected chi connectivity index (χ2v) is 6.13. The average Bonchev–Trinajstić information content (AvgIpc) is 2.93. The van der Waals surface area contributed by atoms with E-state index in [1.807, 2.05) is 13.8 Å². The third-order valence-electron chi connectivity index (χ3n) is 3.24.